The van der Waals surface area contributed by atoms with Crippen LogP contribution in [-0.2, 0) is 6.54 Å². The van der Waals surface area contributed by atoms with Crippen molar-refractivity contribution < 1.29 is 0 Å². The second-order valence-electron chi connectivity index (χ2n) is 3.28. The maximum absolute atomic E-state index is 5.91. The Bertz CT molecular complexity index is 349. The summed E-state index contributed by atoms with van der Waals surface area (Å²) in [5, 5.41) is 3.79. The Morgan fingerprint density at radius 2 is 2.27 bits per heavy atom. The lowest BCUT2D eigenvalue weighted by Gasteiger charge is -2.20. The van der Waals surface area contributed by atoms with Crippen molar-refractivity contribution in [2.75, 3.05) is 21.1 Å². The molecule has 0 aliphatic rings. The minimum absolute atomic E-state index is 0.764. The van der Waals surface area contributed by atoms with Crippen LogP contribution in [0.3, 0.4) is 0 Å². The molecule has 0 amide bonds. The highest BCUT2D eigenvalue weighted by atomic mass is 35.5. The molecule has 4 heteroatoms. The summed E-state index contributed by atoms with van der Waals surface area (Å²) in [7, 11) is 5.61. The maximum Gasteiger partial charge on any atom is 0.193 e. The van der Waals surface area contributed by atoms with E-state index < -0.39 is 0 Å². The number of hydrogen-bond donors (Lipinski definition) is 1. The van der Waals surface area contributed by atoms with Crippen molar-refractivity contribution in [1.29, 1.82) is 0 Å². The van der Waals surface area contributed by atoms with Crippen molar-refractivity contribution in [3.05, 3.63) is 34.9 Å². The van der Waals surface area contributed by atoms with Crippen LogP contribution in [0.5, 0.6) is 0 Å². The quantitative estimate of drug-likeness (QED) is 0.616. The first-order valence-corrected chi connectivity index (χ1v) is 5.15. The van der Waals surface area contributed by atoms with Gasteiger partial charge in [0.2, 0.25) is 0 Å². The Morgan fingerprint density at radius 3 is 2.80 bits per heavy atom. The van der Waals surface area contributed by atoms with E-state index >= 15 is 0 Å². The predicted octanol–water partition coefficient (Wildman–Crippen LogP) is 1.98. The van der Waals surface area contributed by atoms with Crippen LogP contribution in [0, 0.1) is 0 Å². The third kappa shape index (κ3) is 3.44. The molecule has 0 bridgehead atoms. The maximum atomic E-state index is 5.91. The molecule has 0 unspecified atom stereocenters. The lowest BCUT2D eigenvalue weighted by molar-refractivity contribution is 0.483. The first-order chi connectivity index (χ1) is 7.17. The summed E-state index contributed by atoms with van der Waals surface area (Å²) in [6, 6.07) is 7.83. The van der Waals surface area contributed by atoms with Gasteiger partial charge in [0.15, 0.2) is 5.96 Å². The van der Waals surface area contributed by atoms with Crippen LogP contribution in [0.4, 0.5) is 0 Å². The molecule has 15 heavy (non-hydrogen) atoms. The summed E-state index contributed by atoms with van der Waals surface area (Å²) in [6.45, 7) is 0.786. The molecule has 1 N–H and O–H groups in total. The zero-order chi connectivity index (χ0) is 11.3. The van der Waals surface area contributed by atoms with Crippen molar-refractivity contribution in [2.24, 2.45) is 4.99 Å². The van der Waals surface area contributed by atoms with Gasteiger partial charge < -0.3 is 10.2 Å². The van der Waals surface area contributed by atoms with E-state index in [2.05, 4.69) is 10.3 Å². The van der Waals surface area contributed by atoms with E-state index in [0.29, 0.717) is 0 Å². The van der Waals surface area contributed by atoms with E-state index in [0.717, 1.165) is 17.5 Å². The zero-order valence-electron chi connectivity index (χ0n) is 9.29. The van der Waals surface area contributed by atoms with E-state index in [1.807, 2.05) is 43.3 Å². The fourth-order valence-corrected chi connectivity index (χ4v) is 1.67. The summed E-state index contributed by atoms with van der Waals surface area (Å²) >= 11 is 5.91. The van der Waals surface area contributed by atoms with Crippen molar-refractivity contribution in [1.82, 2.24) is 10.2 Å². The van der Waals surface area contributed by atoms with Gasteiger partial charge in [-0.1, -0.05) is 23.7 Å². The van der Waals surface area contributed by atoms with Gasteiger partial charge in [-0.3, -0.25) is 4.99 Å². The topological polar surface area (TPSA) is 27.6 Å². The highest BCUT2D eigenvalue weighted by molar-refractivity contribution is 6.30. The third-order valence-corrected chi connectivity index (χ3v) is 2.34. The first-order valence-electron chi connectivity index (χ1n) is 4.77. The van der Waals surface area contributed by atoms with Gasteiger partial charge in [0.05, 0.1) is 0 Å². The standard InChI is InChI=1S/C11H16ClN3/c1-13-11(14-2)15(3)8-9-5-4-6-10(12)7-9/h4-7H,8H2,1-3H3,(H,13,14). The number of halogens is 1. The van der Waals surface area contributed by atoms with E-state index in [4.69, 9.17) is 11.6 Å². The van der Waals surface area contributed by atoms with Crippen molar-refractivity contribution in [2.45, 2.75) is 6.54 Å². The summed E-state index contributed by atoms with van der Waals surface area (Å²) in [6.07, 6.45) is 0. The fourth-order valence-electron chi connectivity index (χ4n) is 1.46. The summed E-state index contributed by atoms with van der Waals surface area (Å²) < 4.78 is 0. The lowest BCUT2D eigenvalue weighted by atomic mass is 10.2. The van der Waals surface area contributed by atoms with Gasteiger partial charge in [0.25, 0.3) is 0 Å². The van der Waals surface area contributed by atoms with Crippen molar-refractivity contribution >= 4 is 17.6 Å². The Balaban J connectivity index is 2.70. The molecule has 0 aromatic heterocycles. The molecule has 0 fully saturated rings. The molecule has 0 aliphatic carbocycles. The molecule has 1 aromatic carbocycles. The number of aliphatic imine (C=N–C) groups is 1. The van der Waals surface area contributed by atoms with Crippen molar-refractivity contribution in [3.8, 4) is 0 Å². The van der Waals surface area contributed by atoms with E-state index in [-0.39, 0.29) is 0 Å². The van der Waals surface area contributed by atoms with Gasteiger partial charge in [-0.05, 0) is 17.7 Å². The minimum Gasteiger partial charge on any atom is -0.359 e. The van der Waals surface area contributed by atoms with Crippen LogP contribution >= 0.6 is 11.6 Å². The lowest BCUT2D eigenvalue weighted by Crippen LogP contribution is -2.36. The van der Waals surface area contributed by atoms with Crippen LogP contribution in [0.15, 0.2) is 29.3 Å². The Labute approximate surface area is 95.8 Å². The highest BCUT2D eigenvalue weighted by Gasteiger charge is 2.04. The summed E-state index contributed by atoms with van der Waals surface area (Å²) in [5.74, 6) is 0.856. The van der Waals surface area contributed by atoms with Gasteiger partial charge in [-0.15, -0.1) is 0 Å². The van der Waals surface area contributed by atoms with Crippen LogP contribution in [0.1, 0.15) is 5.56 Å². The monoisotopic (exact) mass is 225 g/mol. The first kappa shape index (κ1) is 11.9. The molecule has 0 saturated carbocycles. The Morgan fingerprint density at radius 1 is 1.53 bits per heavy atom. The number of hydrogen-bond acceptors (Lipinski definition) is 1. The fraction of sp³-hybridized carbons (Fsp3) is 0.364. The predicted molar refractivity (Wildman–Crippen MR) is 65.3 cm³/mol. The largest absolute Gasteiger partial charge is 0.359 e. The van der Waals surface area contributed by atoms with E-state index in [1.165, 1.54) is 5.56 Å². The van der Waals surface area contributed by atoms with Gasteiger partial charge >= 0.3 is 0 Å². The number of guanidine groups is 1. The minimum atomic E-state index is 0.764. The Hall–Kier alpha value is -1.22. The number of nitrogens with one attached hydrogen (secondary N) is 1. The van der Waals surface area contributed by atoms with Gasteiger partial charge in [0.1, 0.15) is 0 Å². The molecular weight excluding hydrogens is 210 g/mol. The smallest absolute Gasteiger partial charge is 0.193 e. The second-order valence-corrected chi connectivity index (χ2v) is 3.72. The van der Waals surface area contributed by atoms with Gasteiger partial charge in [-0.2, -0.15) is 0 Å². The van der Waals surface area contributed by atoms with Crippen LogP contribution in [-0.4, -0.2) is 32.0 Å². The Kier molecular flexibility index (Phi) is 4.43. The normalized spacial score (nSPS) is 11.3. The van der Waals surface area contributed by atoms with Gasteiger partial charge in [-0.25, -0.2) is 0 Å². The molecule has 0 atom stereocenters. The average molecular weight is 226 g/mol. The van der Waals surface area contributed by atoms with Crippen LogP contribution in [0.2, 0.25) is 5.02 Å². The summed E-state index contributed by atoms with van der Waals surface area (Å²) in [4.78, 5) is 6.16. The second kappa shape index (κ2) is 5.61. The average Bonchev–Trinajstić information content (AvgIpc) is 2.19. The zero-order valence-corrected chi connectivity index (χ0v) is 10.0. The molecule has 0 heterocycles. The van der Waals surface area contributed by atoms with E-state index in [1.54, 1.807) is 7.05 Å². The van der Waals surface area contributed by atoms with E-state index in [9.17, 15) is 0 Å². The summed E-state index contributed by atoms with van der Waals surface area (Å²) in [5.41, 5.74) is 1.17. The molecule has 82 valence electrons. The van der Waals surface area contributed by atoms with Crippen molar-refractivity contribution in [3.63, 3.8) is 0 Å². The molecule has 3 nitrogen and oxygen atoms in total. The molecular formula is C11H16ClN3. The molecule has 1 rings (SSSR count). The third-order valence-electron chi connectivity index (χ3n) is 2.11. The molecule has 0 radical (unpaired) electrons. The number of benzene rings is 1. The highest BCUT2D eigenvalue weighted by Crippen LogP contribution is 2.11. The number of nitrogens with zero attached hydrogens (tertiary/aromatic N) is 2. The molecule has 1 aromatic rings. The molecule has 0 saturated heterocycles. The van der Waals surface area contributed by atoms with Crippen LogP contribution in [0.25, 0.3) is 0 Å². The number of rotatable bonds is 2. The SMILES string of the molecule is CN=C(NC)N(C)Cc1cccc(Cl)c1. The molecule has 0 spiro atoms. The molecule has 0 aliphatic heterocycles. The van der Waals surface area contributed by atoms with Gasteiger partial charge in [0, 0.05) is 32.7 Å². The van der Waals surface area contributed by atoms with Crippen LogP contribution < -0.4 is 5.32 Å².